The number of anilines is 1. The molecular formula is C16H15ClN4O2S. The molecule has 2 heterocycles. The minimum absolute atomic E-state index is 0.194. The van der Waals surface area contributed by atoms with Crippen LogP contribution >= 0.6 is 11.6 Å². The SMILES string of the molecule is N#Cc1cccnc1N1CCN(S(=O)(=O)c2cccc(Cl)c2)CC1. The lowest BCUT2D eigenvalue weighted by molar-refractivity contribution is 0.383. The number of nitriles is 1. The lowest BCUT2D eigenvalue weighted by atomic mass is 10.2. The van der Waals surface area contributed by atoms with Crippen LogP contribution < -0.4 is 4.90 Å². The minimum atomic E-state index is -3.57. The second-order valence-electron chi connectivity index (χ2n) is 5.33. The third-order valence-electron chi connectivity index (χ3n) is 3.88. The average Bonchev–Trinajstić information content (AvgIpc) is 2.62. The van der Waals surface area contributed by atoms with Gasteiger partial charge in [0.25, 0.3) is 0 Å². The molecule has 0 N–H and O–H groups in total. The first kappa shape index (κ1) is 16.7. The van der Waals surface area contributed by atoms with E-state index in [4.69, 9.17) is 16.9 Å². The van der Waals surface area contributed by atoms with E-state index in [-0.39, 0.29) is 4.90 Å². The summed E-state index contributed by atoms with van der Waals surface area (Å²) in [6, 6.07) is 11.8. The molecule has 0 spiro atoms. The average molecular weight is 363 g/mol. The van der Waals surface area contributed by atoms with Crippen molar-refractivity contribution >= 4 is 27.4 Å². The van der Waals surface area contributed by atoms with Crippen molar-refractivity contribution in [3.05, 3.63) is 53.2 Å². The number of pyridine rings is 1. The quantitative estimate of drug-likeness (QED) is 0.835. The van der Waals surface area contributed by atoms with Crippen LogP contribution in [0.5, 0.6) is 0 Å². The number of hydrogen-bond donors (Lipinski definition) is 0. The maximum absolute atomic E-state index is 12.7. The highest BCUT2D eigenvalue weighted by Gasteiger charge is 2.29. The largest absolute Gasteiger partial charge is 0.353 e. The first-order valence-corrected chi connectivity index (χ1v) is 9.20. The molecule has 124 valence electrons. The number of benzene rings is 1. The van der Waals surface area contributed by atoms with Crippen LogP contribution in [0.3, 0.4) is 0 Å². The standard InChI is InChI=1S/C16H15ClN4O2S/c17-14-4-1-5-15(11-14)24(22,23)21-9-7-20(8-10-21)16-13(12-18)3-2-6-19-16/h1-6,11H,7-10H2. The number of aromatic nitrogens is 1. The molecule has 1 saturated heterocycles. The Kier molecular flexibility index (Phi) is 4.71. The fraction of sp³-hybridized carbons (Fsp3) is 0.250. The summed E-state index contributed by atoms with van der Waals surface area (Å²) in [6.45, 7) is 1.61. The number of hydrogen-bond acceptors (Lipinski definition) is 5. The van der Waals surface area contributed by atoms with Crippen LogP contribution in [-0.2, 0) is 10.0 Å². The molecular weight excluding hydrogens is 348 g/mol. The number of nitrogens with zero attached hydrogens (tertiary/aromatic N) is 4. The number of sulfonamides is 1. The minimum Gasteiger partial charge on any atom is -0.353 e. The summed E-state index contributed by atoms with van der Waals surface area (Å²) in [5.41, 5.74) is 0.489. The number of rotatable bonds is 3. The Labute approximate surface area is 146 Å². The number of piperazine rings is 1. The second kappa shape index (κ2) is 6.77. The van der Waals surface area contributed by atoms with Crippen LogP contribution in [0, 0.1) is 11.3 Å². The van der Waals surface area contributed by atoms with E-state index in [1.54, 1.807) is 36.5 Å². The molecule has 0 aliphatic carbocycles. The van der Waals surface area contributed by atoms with Crippen molar-refractivity contribution < 1.29 is 8.42 Å². The predicted molar refractivity (Wildman–Crippen MR) is 91.4 cm³/mol. The summed E-state index contributed by atoms with van der Waals surface area (Å²) in [7, 11) is -3.57. The molecule has 0 radical (unpaired) electrons. The second-order valence-corrected chi connectivity index (χ2v) is 7.71. The molecule has 0 amide bonds. The summed E-state index contributed by atoms with van der Waals surface area (Å²) >= 11 is 5.90. The molecule has 0 saturated carbocycles. The molecule has 2 aromatic rings. The highest BCUT2D eigenvalue weighted by molar-refractivity contribution is 7.89. The highest BCUT2D eigenvalue weighted by atomic mass is 35.5. The Balaban J connectivity index is 1.77. The Hall–Kier alpha value is -2.14. The molecule has 0 atom stereocenters. The molecule has 3 rings (SSSR count). The lowest BCUT2D eigenvalue weighted by Gasteiger charge is -2.34. The van der Waals surface area contributed by atoms with E-state index in [0.29, 0.717) is 42.6 Å². The van der Waals surface area contributed by atoms with Gasteiger partial charge in [-0.05, 0) is 30.3 Å². The van der Waals surface area contributed by atoms with E-state index >= 15 is 0 Å². The molecule has 1 aromatic carbocycles. The van der Waals surface area contributed by atoms with E-state index in [2.05, 4.69) is 11.1 Å². The van der Waals surface area contributed by atoms with Crippen LogP contribution in [0.4, 0.5) is 5.82 Å². The summed E-state index contributed by atoms with van der Waals surface area (Å²) in [5.74, 6) is 0.597. The zero-order valence-corrected chi connectivity index (χ0v) is 14.3. The fourth-order valence-corrected chi connectivity index (χ4v) is 4.38. The maximum atomic E-state index is 12.7. The Morgan fingerprint density at radius 1 is 1.12 bits per heavy atom. The van der Waals surface area contributed by atoms with Crippen LogP contribution in [0.15, 0.2) is 47.5 Å². The lowest BCUT2D eigenvalue weighted by Crippen LogP contribution is -2.49. The maximum Gasteiger partial charge on any atom is 0.243 e. The first-order valence-electron chi connectivity index (χ1n) is 7.38. The summed E-state index contributed by atoms with van der Waals surface area (Å²) < 4.78 is 26.8. The van der Waals surface area contributed by atoms with Gasteiger partial charge in [-0.3, -0.25) is 0 Å². The predicted octanol–water partition coefficient (Wildman–Crippen LogP) is 2.12. The number of halogens is 1. The Morgan fingerprint density at radius 3 is 2.54 bits per heavy atom. The third kappa shape index (κ3) is 3.22. The molecule has 1 aliphatic heterocycles. The van der Waals surface area contributed by atoms with Gasteiger partial charge in [0.2, 0.25) is 10.0 Å². The van der Waals surface area contributed by atoms with Crippen molar-refractivity contribution in [2.75, 3.05) is 31.1 Å². The van der Waals surface area contributed by atoms with Crippen molar-refractivity contribution in [1.29, 1.82) is 5.26 Å². The van der Waals surface area contributed by atoms with Crippen molar-refractivity contribution in [3.63, 3.8) is 0 Å². The molecule has 6 nitrogen and oxygen atoms in total. The van der Waals surface area contributed by atoms with Crippen molar-refractivity contribution in [3.8, 4) is 6.07 Å². The monoisotopic (exact) mass is 362 g/mol. The topological polar surface area (TPSA) is 77.3 Å². The van der Waals surface area contributed by atoms with Crippen LogP contribution in [0.1, 0.15) is 5.56 Å². The van der Waals surface area contributed by atoms with Gasteiger partial charge >= 0.3 is 0 Å². The Morgan fingerprint density at radius 2 is 1.88 bits per heavy atom. The van der Waals surface area contributed by atoms with E-state index < -0.39 is 10.0 Å². The van der Waals surface area contributed by atoms with Crippen LogP contribution in [0.25, 0.3) is 0 Å². The van der Waals surface area contributed by atoms with Crippen LogP contribution in [-0.4, -0.2) is 43.9 Å². The van der Waals surface area contributed by atoms with Gasteiger partial charge in [0.15, 0.2) is 0 Å². The third-order valence-corrected chi connectivity index (χ3v) is 6.01. The molecule has 1 aliphatic rings. The van der Waals surface area contributed by atoms with E-state index in [9.17, 15) is 8.42 Å². The molecule has 1 fully saturated rings. The van der Waals surface area contributed by atoms with Gasteiger partial charge in [0.1, 0.15) is 11.9 Å². The van der Waals surface area contributed by atoms with E-state index in [1.165, 1.54) is 10.4 Å². The normalized spacial score (nSPS) is 15.9. The highest BCUT2D eigenvalue weighted by Crippen LogP contribution is 2.23. The van der Waals surface area contributed by atoms with Gasteiger partial charge < -0.3 is 4.90 Å². The van der Waals surface area contributed by atoms with Crippen molar-refractivity contribution in [2.45, 2.75) is 4.90 Å². The molecule has 1 aromatic heterocycles. The molecule has 24 heavy (non-hydrogen) atoms. The Bertz CT molecular complexity index is 887. The van der Waals surface area contributed by atoms with Gasteiger partial charge in [-0.15, -0.1) is 0 Å². The van der Waals surface area contributed by atoms with Gasteiger partial charge in [-0.25, -0.2) is 13.4 Å². The zero-order chi connectivity index (χ0) is 17.2. The zero-order valence-electron chi connectivity index (χ0n) is 12.8. The summed E-state index contributed by atoms with van der Waals surface area (Å²) in [5, 5.41) is 9.56. The van der Waals surface area contributed by atoms with Gasteiger partial charge in [0.05, 0.1) is 10.5 Å². The van der Waals surface area contributed by atoms with Gasteiger partial charge in [-0.1, -0.05) is 17.7 Å². The summed E-state index contributed by atoms with van der Waals surface area (Å²) in [4.78, 5) is 6.37. The molecule has 0 bridgehead atoms. The van der Waals surface area contributed by atoms with Crippen molar-refractivity contribution in [1.82, 2.24) is 9.29 Å². The smallest absolute Gasteiger partial charge is 0.243 e. The van der Waals surface area contributed by atoms with Crippen LogP contribution in [0.2, 0.25) is 5.02 Å². The van der Waals surface area contributed by atoms with E-state index in [0.717, 1.165) is 0 Å². The van der Waals surface area contributed by atoms with Gasteiger partial charge in [0, 0.05) is 37.4 Å². The van der Waals surface area contributed by atoms with Crippen molar-refractivity contribution in [2.24, 2.45) is 0 Å². The van der Waals surface area contributed by atoms with E-state index in [1.807, 2.05) is 4.90 Å². The van der Waals surface area contributed by atoms with Gasteiger partial charge in [-0.2, -0.15) is 9.57 Å². The first-order chi connectivity index (χ1) is 11.5. The molecule has 8 heteroatoms. The fourth-order valence-electron chi connectivity index (χ4n) is 2.65. The summed E-state index contributed by atoms with van der Waals surface area (Å²) in [6.07, 6.45) is 1.63. The molecule has 0 unspecified atom stereocenters.